The van der Waals surface area contributed by atoms with E-state index in [1.165, 1.54) is 5.56 Å². The Labute approximate surface area is 164 Å². The monoisotopic (exact) mass is 376 g/mol. The van der Waals surface area contributed by atoms with Crippen molar-refractivity contribution in [2.24, 2.45) is 0 Å². The van der Waals surface area contributed by atoms with Gasteiger partial charge in [-0.3, -0.25) is 0 Å². The van der Waals surface area contributed by atoms with E-state index in [2.05, 4.69) is 37.8 Å². The van der Waals surface area contributed by atoms with Crippen molar-refractivity contribution >= 4 is 5.57 Å². The molecule has 0 aliphatic rings. The summed E-state index contributed by atoms with van der Waals surface area (Å²) in [4.78, 5) is 0. The van der Waals surface area contributed by atoms with Gasteiger partial charge < -0.3 is 19.7 Å². The van der Waals surface area contributed by atoms with Crippen LogP contribution in [0.4, 0.5) is 0 Å². The topological polar surface area (TPSA) is 58.9 Å². The van der Waals surface area contributed by atoms with Crippen molar-refractivity contribution in [2.45, 2.75) is 47.0 Å². The zero-order valence-electron chi connectivity index (χ0n) is 17.3. The Kier molecular flexibility index (Phi) is 14.9. The van der Waals surface area contributed by atoms with Crippen molar-refractivity contribution in [1.29, 1.82) is 0 Å². The Morgan fingerprint density at radius 3 is 2.15 bits per heavy atom. The molecule has 0 atom stereocenters. The van der Waals surface area contributed by atoms with E-state index in [0.717, 1.165) is 24.0 Å². The normalized spacial score (nSPS) is 11.5. The zero-order valence-corrected chi connectivity index (χ0v) is 17.3. The predicted octanol–water partition coefficient (Wildman–Crippen LogP) is 4.87. The highest BCUT2D eigenvalue weighted by molar-refractivity contribution is 5.73. The van der Waals surface area contributed by atoms with Crippen LogP contribution in [0.25, 0.3) is 5.57 Å². The maximum atomic E-state index is 8.95. The Morgan fingerprint density at radius 1 is 1.04 bits per heavy atom. The van der Waals surface area contributed by atoms with Crippen molar-refractivity contribution in [2.75, 3.05) is 26.4 Å². The average Bonchev–Trinajstić information content (AvgIpc) is 2.67. The summed E-state index contributed by atoms with van der Waals surface area (Å²) in [6, 6.07) is 8.46. The summed E-state index contributed by atoms with van der Waals surface area (Å²) in [6.07, 6.45) is 6.59. The Balaban J connectivity index is 0.00000210. The molecule has 1 rings (SSSR count). The molecule has 1 aromatic rings. The number of ether oxygens (including phenoxy) is 2. The molecule has 27 heavy (non-hydrogen) atoms. The third-order valence-electron chi connectivity index (χ3n) is 3.53. The number of rotatable bonds is 11. The largest absolute Gasteiger partial charge is 0.490 e. The van der Waals surface area contributed by atoms with E-state index < -0.39 is 0 Å². The van der Waals surface area contributed by atoms with Crippen LogP contribution < -0.4 is 0 Å². The summed E-state index contributed by atoms with van der Waals surface area (Å²) in [5.74, 6) is 1.34. The number of aryl methyl sites for hydroxylation is 1. The summed E-state index contributed by atoms with van der Waals surface area (Å²) in [6.45, 7) is 13.2. The van der Waals surface area contributed by atoms with Crippen LogP contribution in [0.3, 0.4) is 0 Å². The fourth-order valence-corrected chi connectivity index (χ4v) is 2.30. The lowest BCUT2D eigenvalue weighted by atomic mass is 10.0. The van der Waals surface area contributed by atoms with Crippen molar-refractivity contribution in [3.05, 3.63) is 65.6 Å². The van der Waals surface area contributed by atoms with E-state index >= 15 is 0 Å². The van der Waals surface area contributed by atoms with Gasteiger partial charge >= 0.3 is 0 Å². The van der Waals surface area contributed by atoms with Crippen LogP contribution in [-0.4, -0.2) is 36.6 Å². The molecule has 0 saturated heterocycles. The lowest BCUT2D eigenvalue weighted by Gasteiger charge is -2.15. The number of allylic oxidation sites excluding steroid dienone is 3. The molecule has 0 amide bonds. The van der Waals surface area contributed by atoms with Crippen LogP contribution in [-0.2, 0) is 15.9 Å². The lowest BCUT2D eigenvalue weighted by molar-refractivity contribution is 0.142. The van der Waals surface area contributed by atoms with Crippen molar-refractivity contribution in [1.82, 2.24) is 0 Å². The first-order valence-corrected chi connectivity index (χ1v) is 9.71. The van der Waals surface area contributed by atoms with Gasteiger partial charge in [-0.25, -0.2) is 0 Å². The molecule has 1 aromatic carbocycles. The molecule has 0 unspecified atom stereocenters. The highest BCUT2D eigenvalue weighted by atomic mass is 16.5. The molecule has 4 heteroatoms. The minimum Gasteiger partial charge on any atom is -0.490 e. The minimum absolute atomic E-state index is 0.104. The fraction of sp³-hybridized carbons (Fsp3) is 0.478. The average molecular weight is 377 g/mol. The first kappa shape index (κ1) is 25.0. The molecule has 4 nitrogen and oxygen atoms in total. The van der Waals surface area contributed by atoms with Crippen molar-refractivity contribution < 1.29 is 19.7 Å². The van der Waals surface area contributed by atoms with Crippen LogP contribution in [0.2, 0.25) is 0 Å². The maximum Gasteiger partial charge on any atom is 0.161 e. The van der Waals surface area contributed by atoms with Gasteiger partial charge in [0, 0.05) is 19.6 Å². The van der Waals surface area contributed by atoms with Crippen molar-refractivity contribution in [3.63, 3.8) is 0 Å². The third kappa shape index (κ3) is 10.6. The number of benzene rings is 1. The summed E-state index contributed by atoms with van der Waals surface area (Å²) >= 11 is 0. The maximum absolute atomic E-state index is 8.95. The Bertz CT molecular complexity index is 571. The second kappa shape index (κ2) is 16.2. The van der Waals surface area contributed by atoms with Gasteiger partial charge in [-0.15, -0.1) is 0 Å². The molecule has 0 aromatic heterocycles. The van der Waals surface area contributed by atoms with Crippen LogP contribution in [0.1, 0.15) is 51.7 Å². The smallest absolute Gasteiger partial charge is 0.161 e. The minimum atomic E-state index is 0.104. The highest BCUT2D eigenvalue weighted by Crippen LogP contribution is 2.22. The quantitative estimate of drug-likeness (QED) is 0.328. The number of hydrogen-bond donors (Lipinski definition) is 2. The van der Waals surface area contributed by atoms with E-state index in [-0.39, 0.29) is 13.2 Å². The second-order valence-electron chi connectivity index (χ2n) is 5.81. The van der Waals surface area contributed by atoms with E-state index in [9.17, 15) is 0 Å². The predicted molar refractivity (Wildman–Crippen MR) is 113 cm³/mol. The number of hydrogen-bond acceptors (Lipinski definition) is 4. The third-order valence-corrected chi connectivity index (χ3v) is 3.53. The van der Waals surface area contributed by atoms with Gasteiger partial charge in [0.1, 0.15) is 0 Å². The molecule has 0 aliphatic heterocycles. The highest BCUT2D eigenvalue weighted by Gasteiger charge is 2.09. The van der Waals surface area contributed by atoms with Gasteiger partial charge in [-0.2, -0.15) is 0 Å². The summed E-state index contributed by atoms with van der Waals surface area (Å²) in [7, 11) is 0. The van der Waals surface area contributed by atoms with Gasteiger partial charge in [0.05, 0.1) is 13.2 Å². The number of aliphatic hydroxyl groups is 2. The molecule has 2 N–H and O–H groups in total. The number of aliphatic hydroxyl groups excluding tert-OH is 2. The lowest BCUT2D eigenvalue weighted by Crippen LogP contribution is -2.04. The van der Waals surface area contributed by atoms with E-state index in [1.807, 2.05) is 26.0 Å². The molecule has 0 fully saturated rings. The standard InChI is InChI=1S/C21H30O3.C2H6O/c1-5-9-18-10-12-19(13-11-18)17(4)16-21(24-15-8-14-22)20(6-2)23-7-3;1-2-3/h6,10-13,16,22H,4-5,7-9,14-15H2,1-3H3;3H,2H2,1H3/b20-6+,21-16+;. The summed E-state index contributed by atoms with van der Waals surface area (Å²) in [5.41, 5.74) is 3.27. The Morgan fingerprint density at radius 2 is 1.67 bits per heavy atom. The molecule has 0 bridgehead atoms. The van der Waals surface area contributed by atoms with Crippen LogP contribution in [0, 0.1) is 0 Å². The fourth-order valence-electron chi connectivity index (χ4n) is 2.30. The van der Waals surface area contributed by atoms with Crippen LogP contribution in [0.5, 0.6) is 0 Å². The zero-order chi connectivity index (χ0) is 20.5. The van der Waals surface area contributed by atoms with Gasteiger partial charge in [0.15, 0.2) is 11.5 Å². The van der Waals surface area contributed by atoms with E-state index in [0.29, 0.717) is 31.2 Å². The molecule has 0 aliphatic carbocycles. The SMILES string of the molecule is C=C(/C=C(OCCCO)\C(=C/C)OCC)c1ccc(CCC)cc1.CCO. The molecule has 0 heterocycles. The molecular formula is C23H36O4. The summed E-state index contributed by atoms with van der Waals surface area (Å²) < 4.78 is 11.4. The second-order valence-corrected chi connectivity index (χ2v) is 5.81. The molecule has 152 valence electrons. The molecule has 0 radical (unpaired) electrons. The Hall–Kier alpha value is -2.04. The van der Waals surface area contributed by atoms with Gasteiger partial charge in [-0.1, -0.05) is 44.2 Å². The van der Waals surface area contributed by atoms with Gasteiger partial charge in [0.2, 0.25) is 0 Å². The van der Waals surface area contributed by atoms with E-state index in [4.69, 9.17) is 19.7 Å². The van der Waals surface area contributed by atoms with Crippen LogP contribution >= 0.6 is 0 Å². The molecule has 0 spiro atoms. The van der Waals surface area contributed by atoms with E-state index in [1.54, 1.807) is 6.92 Å². The summed E-state index contributed by atoms with van der Waals surface area (Å²) in [5, 5.41) is 16.5. The van der Waals surface area contributed by atoms with Crippen molar-refractivity contribution in [3.8, 4) is 0 Å². The van der Waals surface area contributed by atoms with Crippen LogP contribution in [0.15, 0.2) is 54.5 Å². The van der Waals surface area contributed by atoms with Gasteiger partial charge in [-0.05, 0) is 56.0 Å². The first-order chi connectivity index (χ1) is 13.1. The molecule has 0 saturated carbocycles. The molecular weight excluding hydrogens is 340 g/mol. The first-order valence-electron chi connectivity index (χ1n) is 9.71. The van der Waals surface area contributed by atoms with Gasteiger partial charge in [0.25, 0.3) is 0 Å².